The molecule has 1 aromatic rings. The molecule has 13 heavy (non-hydrogen) atoms. The molecule has 3 rings (SSSR count). The van der Waals surface area contributed by atoms with E-state index in [4.69, 9.17) is 4.74 Å². The molecule has 0 radical (unpaired) electrons. The first kappa shape index (κ1) is 7.33. The van der Waals surface area contributed by atoms with Crippen molar-refractivity contribution in [2.45, 2.75) is 12.0 Å². The van der Waals surface area contributed by atoms with Crippen molar-refractivity contribution >= 4 is 0 Å². The summed E-state index contributed by atoms with van der Waals surface area (Å²) in [4.78, 5) is 0. The van der Waals surface area contributed by atoms with E-state index in [1.807, 2.05) is 6.07 Å². The number of benzene rings is 1. The summed E-state index contributed by atoms with van der Waals surface area (Å²) in [5, 5.41) is 3.35. The van der Waals surface area contributed by atoms with Gasteiger partial charge in [0.1, 0.15) is 18.2 Å². The Morgan fingerprint density at radius 1 is 1.46 bits per heavy atom. The van der Waals surface area contributed by atoms with Crippen molar-refractivity contribution in [1.29, 1.82) is 0 Å². The fourth-order valence-corrected chi connectivity index (χ4v) is 2.07. The summed E-state index contributed by atoms with van der Waals surface area (Å²) in [7, 11) is 0. The molecule has 0 saturated carbocycles. The summed E-state index contributed by atoms with van der Waals surface area (Å²) in [6.45, 7) is 1.67. The van der Waals surface area contributed by atoms with Crippen LogP contribution in [0, 0.1) is 5.82 Å². The van der Waals surface area contributed by atoms with E-state index >= 15 is 0 Å². The van der Waals surface area contributed by atoms with E-state index in [1.165, 1.54) is 12.1 Å². The number of nitrogens with one attached hydrogen (secondary N) is 1. The highest BCUT2D eigenvalue weighted by atomic mass is 19.1. The minimum atomic E-state index is -0.227. The van der Waals surface area contributed by atoms with Gasteiger partial charge >= 0.3 is 0 Å². The Bertz CT molecular complexity index is 360. The summed E-state index contributed by atoms with van der Waals surface area (Å²) >= 11 is 0. The summed E-state index contributed by atoms with van der Waals surface area (Å²) in [5.41, 5.74) is 1.11. The van der Waals surface area contributed by atoms with Crippen molar-refractivity contribution in [2.24, 2.45) is 0 Å². The van der Waals surface area contributed by atoms with Crippen LogP contribution in [0.5, 0.6) is 5.75 Å². The van der Waals surface area contributed by atoms with Crippen molar-refractivity contribution < 1.29 is 9.13 Å². The molecule has 0 amide bonds. The van der Waals surface area contributed by atoms with Crippen LogP contribution in [-0.4, -0.2) is 13.2 Å². The van der Waals surface area contributed by atoms with Crippen molar-refractivity contribution in [3.63, 3.8) is 0 Å². The molecular formula is C10H10FNO. The molecule has 1 atom stereocenters. The maximum absolute atomic E-state index is 12.8. The Kier molecular flexibility index (Phi) is 1.26. The quantitative estimate of drug-likeness (QED) is 0.650. The second kappa shape index (κ2) is 2.23. The Morgan fingerprint density at radius 3 is 3.00 bits per heavy atom. The van der Waals surface area contributed by atoms with E-state index in [0.717, 1.165) is 18.5 Å². The summed E-state index contributed by atoms with van der Waals surface area (Å²) < 4.78 is 18.3. The zero-order valence-electron chi connectivity index (χ0n) is 7.14. The van der Waals surface area contributed by atoms with E-state index in [1.54, 1.807) is 0 Å². The van der Waals surface area contributed by atoms with Gasteiger partial charge in [0.05, 0.1) is 5.54 Å². The molecule has 0 aliphatic carbocycles. The molecule has 0 bridgehead atoms. The molecule has 2 nitrogen and oxygen atoms in total. The van der Waals surface area contributed by atoms with Crippen LogP contribution >= 0.6 is 0 Å². The second-order valence-corrected chi connectivity index (χ2v) is 3.69. The molecule has 68 valence electrons. The van der Waals surface area contributed by atoms with E-state index in [-0.39, 0.29) is 11.4 Å². The summed E-state index contributed by atoms with van der Waals surface area (Å²) in [6, 6.07) is 4.78. The van der Waals surface area contributed by atoms with Gasteiger partial charge in [0.2, 0.25) is 0 Å². The SMILES string of the molecule is Fc1ccc2c(c1)OC[C@]21CCN1. The van der Waals surface area contributed by atoms with E-state index in [9.17, 15) is 4.39 Å². The van der Waals surface area contributed by atoms with Gasteiger partial charge < -0.3 is 10.1 Å². The van der Waals surface area contributed by atoms with Gasteiger partial charge in [0, 0.05) is 11.6 Å². The van der Waals surface area contributed by atoms with Gasteiger partial charge in [0.25, 0.3) is 0 Å². The van der Waals surface area contributed by atoms with Crippen LogP contribution in [0.25, 0.3) is 0 Å². The third-order valence-corrected chi connectivity index (χ3v) is 2.95. The van der Waals surface area contributed by atoms with Gasteiger partial charge in [-0.25, -0.2) is 4.39 Å². The van der Waals surface area contributed by atoms with Gasteiger partial charge in [-0.05, 0) is 19.0 Å². The van der Waals surface area contributed by atoms with Gasteiger partial charge in [0.15, 0.2) is 0 Å². The standard InChI is InChI=1S/C10H10FNO/c11-7-1-2-8-9(5-7)13-6-10(8)3-4-12-10/h1-2,5,12H,3-4,6H2/t10-/m1/s1. The van der Waals surface area contributed by atoms with E-state index in [2.05, 4.69) is 5.32 Å². The highest BCUT2D eigenvalue weighted by Crippen LogP contribution is 2.42. The van der Waals surface area contributed by atoms with Crippen molar-refractivity contribution in [3.05, 3.63) is 29.6 Å². The van der Waals surface area contributed by atoms with E-state index in [0.29, 0.717) is 12.4 Å². The molecule has 3 heteroatoms. The minimum absolute atomic E-state index is 0.00301. The van der Waals surface area contributed by atoms with Crippen LogP contribution in [0.3, 0.4) is 0 Å². The Hall–Kier alpha value is -1.09. The van der Waals surface area contributed by atoms with Crippen LogP contribution in [0.1, 0.15) is 12.0 Å². The first-order valence-corrected chi connectivity index (χ1v) is 4.48. The lowest BCUT2D eigenvalue weighted by Crippen LogP contribution is -2.55. The van der Waals surface area contributed by atoms with Crippen molar-refractivity contribution in [2.75, 3.05) is 13.2 Å². The van der Waals surface area contributed by atoms with Crippen molar-refractivity contribution in [1.82, 2.24) is 5.32 Å². The summed E-state index contributed by atoms with van der Waals surface area (Å²) in [6.07, 6.45) is 1.09. The lowest BCUT2D eigenvalue weighted by Gasteiger charge is -2.38. The monoisotopic (exact) mass is 179 g/mol. The first-order chi connectivity index (χ1) is 6.30. The molecule has 0 unspecified atom stereocenters. The molecule has 1 saturated heterocycles. The number of fused-ring (bicyclic) bond motifs is 2. The topological polar surface area (TPSA) is 21.3 Å². The fraction of sp³-hybridized carbons (Fsp3) is 0.400. The molecule has 1 spiro atoms. The molecule has 2 heterocycles. The van der Waals surface area contributed by atoms with Crippen LogP contribution < -0.4 is 10.1 Å². The number of halogens is 1. The lowest BCUT2D eigenvalue weighted by atomic mass is 9.83. The zero-order valence-corrected chi connectivity index (χ0v) is 7.14. The number of rotatable bonds is 0. The molecule has 2 aliphatic heterocycles. The Balaban J connectivity index is 2.11. The molecule has 1 fully saturated rings. The third kappa shape index (κ3) is 0.851. The van der Waals surface area contributed by atoms with Gasteiger partial charge in [-0.2, -0.15) is 0 Å². The van der Waals surface area contributed by atoms with Crippen LogP contribution in [-0.2, 0) is 5.54 Å². The predicted octanol–water partition coefficient (Wildman–Crippen LogP) is 1.41. The normalized spacial score (nSPS) is 29.6. The molecule has 0 aromatic heterocycles. The first-order valence-electron chi connectivity index (χ1n) is 4.48. The minimum Gasteiger partial charge on any atom is -0.491 e. The number of ether oxygens (including phenoxy) is 1. The van der Waals surface area contributed by atoms with Gasteiger partial charge in [-0.3, -0.25) is 0 Å². The van der Waals surface area contributed by atoms with Crippen LogP contribution in [0.15, 0.2) is 18.2 Å². The number of hydrogen-bond acceptors (Lipinski definition) is 2. The predicted molar refractivity (Wildman–Crippen MR) is 46.2 cm³/mol. The maximum atomic E-state index is 12.8. The molecule has 1 N–H and O–H groups in total. The Labute approximate surface area is 75.7 Å². The summed E-state index contributed by atoms with van der Waals surface area (Å²) in [5.74, 6) is 0.474. The van der Waals surface area contributed by atoms with Crippen molar-refractivity contribution in [3.8, 4) is 5.75 Å². The average Bonchev–Trinajstić information content (AvgIpc) is 2.41. The second-order valence-electron chi connectivity index (χ2n) is 3.69. The largest absolute Gasteiger partial charge is 0.491 e. The zero-order chi connectivity index (χ0) is 8.89. The third-order valence-electron chi connectivity index (χ3n) is 2.95. The molecule has 1 aromatic carbocycles. The molecule has 2 aliphatic rings. The number of hydrogen-bond donors (Lipinski definition) is 1. The maximum Gasteiger partial charge on any atom is 0.127 e. The fourth-order valence-electron chi connectivity index (χ4n) is 2.07. The average molecular weight is 179 g/mol. The van der Waals surface area contributed by atoms with E-state index < -0.39 is 0 Å². The Morgan fingerprint density at radius 2 is 2.31 bits per heavy atom. The highest BCUT2D eigenvalue weighted by molar-refractivity contribution is 5.44. The van der Waals surface area contributed by atoms with Crippen LogP contribution in [0.4, 0.5) is 4.39 Å². The van der Waals surface area contributed by atoms with Gasteiger partial charge in [-0.1, -0.05) is 6.07 Å². The van der Waals surface area contributed by atoms with Gasteiger partial charge in [-0.15, -0.1) is 0 Å². The smallest absolute Gasteiger partial charge is 0.127 e. The highest BCUT2D eigenvalue weighted by Gasteiger charge is 2.45. The van der Waals surface area contributed by atoms with Crippen LogP contribution in [0.2, 0.25) is 0 Å². The lowest BCUT2D eigenvalue weighted by molar-refractivity contribution is 0.154. The molecular weight excluding hydrogens is 169 g/mol.